The van der Waals surface area contributed by atoms with E-state index >= 15 is 0 Å². The number of benzene rings is 1. The average Bonchev–Trinajstić information content (AvgIpc) is 2.80. The Morgan fingerprint density at radius 2 is 1.75 bits per heavy atom. The van der Waals surface area contributed by atoms with Crippen LogP contribution in [0.5, 0.6) is 0 Å². The van der Waals surface area contributed by atoms with Crippen LogP contribution in [0.25, 0.3) is 0 Å². The highest BCUT2D eigenvalue weighted by Gasteiger charge is 2.34. The van der Waals surface area contributed by atoms with E-state index in [9.17, 15) is 14.7 Å². The third kappa shape index (κ3) is 5.55. The lowest BCUT2D eigenvalue weighted by Crippen LogP contribution is -2.50. The molecule has 0 unspecified atom stereocenters. The Kier molecular flexibility index (Phi) is 6.91. The van der Waals surface area contributed by atoms with Crippen LogP contribution >= 0.6 is 0 Å². The van der Waals surface area contributed by atoms with Crippen molar-refractivity contribution in [3.05, 3.63) is 58.6 Å². The first-order chi connectivity index (χ1) is 15.4. The summed E-state index contributed by atoms with van der Waals surface area (Å²) in [5.41, 5.74) is 0.00170. The normalized spacial score (nSPS) is 19.2. The van der Waals surface area contributed by atoms with Gasteiger partial charge >= 0.3 is 0 Å². The molecule has 2 saturated heterocycles. The molecular weight excluding hydrogens is 406 g/mol. The lowest BCUT2D eigenvalue weighted by atomic mass is 9.91. The molecule has 32 heavy (non-hydrogen) atoms. The number of nitrogens with zero attached hydrogens (tertiary/aromatic N) is 5. The van der Waals surface area contributed by atoms with Gasteiger partial charge in [0.25, 0.3) is 5.56 Å². The average molecular weight is 440 g/mol. The van der Waals surface area contributed by atoms with Crippen molar-refractivity contribution in [3.63, 3.8) is 0 Å². The van der Waals surface area contributed by atoms with Gasteiger partial charge in [0.1, 0.15) is 5.82 Å². The number of aliphatic hydroxyl groups is 1. The first-order valence-corrected chi connectivity index (χ1v) is 11.5. The van der Waals surface area contributed by atoms with Gasteiger partial charge in [-0.3, -0.25) is 14.2 Å². The Bertz CT molecular complexity index is 961. The Labute approximate surface area is 189 Å². The molecule has 172 valence electrons. The number of aromatic nitrogens is 2. The van der Waals surface area contributed by atoms with Gasteiger partial charge in [-0.15, -0.1) is 0 Å². The van der Waals surface area contributed by atoms with Crippen molar-refractivity contribution >= 4 is 11.7 Å². The SMILES string of the molecule is CN1CCN(c2cc(=O)n(CC3(O)CCN(C(=O)CCc4ccccc4)CC3)cn2)CC1. The number of carbonyl (C=O) groups excluding carboxylic acids is 1. The minimum atomic E-state index is -1.00. The van der Waals surface area contributed by atoms with Gasteiger partial charge in [0.05, 0.1) is 18.5 Å². The molecule has 0 spiro atoms. The Morgan fingerprint density at radius 1 is 1.06 bits per heavy atom. The van der Waals surface area contributed by atoms with Crippen LogP contribution in [0.1, 0.15) is 24.8 Å². The van der Waals surface area contributed by atoms with Crippen LogP contribution in [0.15, 0.2) is 47.5 Å². The van der Waals surface area contributed by atoms with Crippen molar-refractivity contribution in [2.75, 3.05) is 51.2 Å². The number of likely N-dealkylation sites (tertiary alicyclic amines) is 1. The third-order valence-electron chi connectivity index (χ3n) is 6.67. The van der Waals surface area contributed by atoms with Gasteiger partial charge < -0.3 is 19.8 Å². The van der Waals surface area contributed by atoms with Crippen molar-refractivity contribution in [2.45, 2.75) is 37.8 Å². The van der Waals surface area contributed by atoms with E-state index in [2.05, 4.69) is 21.8 Å². The molecule has 0 bridgehead atoms. The molecule has 4 rings (SSSR count). The number of rotatable bonds is 6. The number of aryl methyl sites for hydroxylation is 1. The van der Waals surface area contributed by atoms with Gasteiger partial charge in [0.15, 0.2) is 0 Å². The van der Waals surface area contributed by atoms with Crippen molar-refractivity contribution in [2.24, 2.45) is 0 Å². The number of hydrogen-bond donors (Lipinski definition) is 1. The first kappa shape index (κ1) is 22.5. The van der Waals surface area contributed by atoms with Crippen molar-refractivity contribution in [3.8, 4) is 0 Å². The summed E-state index contributed by atoms with van der Waals surface area (Å²) < 4.78 is 1.49. The Balaban J connectivity index is 1.29. The molecule has 1 aromatic heterocycles. The highest BCUT2D eigenvalue weighted by atomic mass is 16.3. The minimum absolute atomic E-state index is 0.117. The van der Waals surface area contributed by atoms with E-state index in [1.54, 1.807) is 12.4 Å². The molecular formula is C24H33N5O3. The molecule has 0 saturated carbocycles. The number of amides is 1. The van der Waals surface area contributed by atoms with E-state index in [1.165, 1.54) is 4.57 Å². The molecule has 0 atom stereocenters. The molecule has 8 nitrogen and oxygen atoms in total. The summed E-state index contributed by atoms with van der Waals surface area (Å²) in [5.74, 6) is 0.816. The number of piperidine rings is 1. The predicted octanol–water partition coefficient (Wildman–Crippen LogP) is 0.981. The van der Waals surface area contributed by atoms with Gasteiger partial charge in [-0.25, -0.2) is 4.98 Å². The molecule has 2 aromatic rings. The van der Waals surface area contributed by atoms with Crippen molar-refractivity contribution in [1.82, 2.24) is 19.4 Å². The Hall–Kier alpha value is -2.71. The summed E-state index contributed by atoms with van der Waals surface area (Å²) in [6, 6.07) is 11.6. The molecule has 2 aliphatic rings. The molecule has 3 heterocycles. The summed E-state index contributed by atoms with van der Waals surface area (Å²) >= 11 is 0. The molecule has 2 fully saturated rings. The maximum Gasteiger partial charge on any atom is 0.255 e. The maximum absolute atomic E-state index is 12.7. The van der Waals surface area contributed by atoms with Gasteiger partial charge in [-0.05, 0) is 31.9 Å². The zero-order valence-electron chi connectivity index (χ0n) is 18.8. The molecule has 1 N–H and O–H groups in total. The third-order valence-corrected chi connectivity index (χ3v) is 6.67. The van der Waals surface area contributed by atoms with Gasteiger partial charge in [-0.1, -0.05) is 30.3 Å². The maximum atomic E-state index is 12.7. The van der Waals surface area contributed by atoms with E-state index in [-0.39, 0.29) is 18.0 Å². The van der Waals surface area contributed by atoms with Crippen LogP contribution in [0.2, 0.25) is 0 Å². The molecule has 0 radical (unpaired) electrons. The standard InChI is InChI=1S/C24H33N5O3/c1-26-13-15-27(16-14-26)21-17-23(31)29(19-25-21)18-24(32)9-11-28(12-10-24)22(30)8-7-20-5-3-2-4-6-20/h2-6,17,19,32H,7-16,18H2,1H3. The number of hydrogen-bond acceptors (Lipinski definition) is 6. The van der Waals surface area contributed by atoms with Gasteiger partial charge in [0.2, 0.25) is 5.91 Å². The van der Waals surface area contributed by atoms with E-state index in [1.807, 2.05) is 35.2 Å². The summed E-state index contributed by atoms with van der Waals surface area (Å²) in [6.45, 7) is 4.82. The van der Waals surface area contributed by atoms with E-state index in [0.29, 0.717) is 38.2 Å². The van der Waals surface area contributed by atoms with E-state index in [4.69, 9.17) is 0 Å². The second-order valence-electron chi connectivity index (χ2n) is 9.09. The van der Waals surface area contributed by atoms with Crippen LogP contribution in [0.4, 0.5) is 5.82 Å². The zero-order valence-corrected chi connectivity index (χ0v) is 18.8. The van der Waals surface area contributed by atoms with Crippen LogP contribution in [-0.4, -0.2) is 82.3 Å². The molecule has 8 heteroatoms. The number of likely N-dealkylation sites (N-methyl/N-ethyl adjacent to an activating group) is 1. The Morgan fingerprint density at radius 3 is 2.41 bits per heavy atom. The van der Waals surface area contributed by atoms with Gasteiger partial charge in [0, 0.05) is 51.8 Å². The lowest BCUT2D eigenvalue weighted by Gasteiger charge is -2.38. The summed E-state index contributed by atoms with van der Waals surface area (Å²) in [5, 5.41) is 11.1. The fourth-order valence-corrected chi connectivity index (χ4v) is 4.45. The smallest absolute Gasteiger partial charge is 0.255 e. The second kappa shape index (κ2) is 9.83. The lowest BCUT2D eigenvalue weighted by molar-refractivity contribution is -0.135. The predicted molar refractivity (Wildman–Crippen MR) is 124 cm³/mol. The van der Waals surface area contributed by atoms with Crippen LogP contribution in [-0.2, 0) is 17.8 Å². The van der Waals surface area contributed by atoms with Gasteiger partial charge in [-0.2, -0.15) is 0 Å². The number of anilines is 1. The molecule has 1 amide bonds. The monoisotopic (exact) mass is 439 g/mol. The zero-order chi connectivity index (χ0) is 22.6. The summed E-state index contributed by atoms with van der Waals surface area (Å²) in [7, 11) is 2.09. The second-order valence-corrected chi connectivity index (χ2v) is 9.09. The highest BCUT2D eigenvalue weighted by molar-refractivity contribution is 5.76. The van der Waals surface area contributed by atoms with Crippen LogP contribution in [0.3, 0.4) is 0 Å². The van der Waals surface area contributed by atoms with E-state index < -0.39 is 5.60 Å². The van der Waals surface area contributed by atoms with Crippen LogP contribution < -0.4 is 10.5 Å². The largest absolute Gasteiger partial charge is 0.388 e. The molecule has 2 aliphatic heterocycles. The van der Waals surface area contributed by atoms with Crippen molar-refractivity contribution in [1.29, 1.82) is 0 Å². The minimum Gasteiger partial charge on any atom is -0.388 e. The van der Waals surface area contributed by atoms with E-state index in [0.717, 1.165) is 38.2 Å². The highest BCUT2D eigenvalue weighted by Crippen LogP contribution is 2.24. The quantitative estimate of drug-likeness (QED) is 0.723. The number of carbonyl (C=O) groups is 1. The fourth-order valence-electron chi connectivity index (χ4n) is 4.45. The topological polar surface area (TPSA) is 81.9 Å². The van der Waals surface area contributed by atoms with Crippen molar-refractivity contribution < 1.29 is 9.90 Å². The fraction of sp³-hybridized carbons (Fsp3) is 0.542. The molecule has 1 aromatic carbocycles. The summed E-state index contributed by atoms with van der Waals surface area (Å²) in [4.78, 5) is 35.9. The first-order valence-electron chi connectivity index (χ1n) is 11.5. The molecule has 0 aliphatic carbocycles. The number of piperazine rings is 1. The summed E-state index contributed by atoms with van der Waals surface area (Å²) in [6.07, 6.45) is 3.65. The van der Waals surface area contributed by atoms with Crippen LogP contribution in [0, 0.1) is 0 Å².